The van der Waals surface area contributed by atoms with Crippen molar-refractivity contribution in [3.05, 3.63) is 42.0 Å². The summed E-state index contributed by atoms with van der Waals surface area (Å²) >= 11 is 0. The summed E-state index contributed by atoms with van der Waals surface area (Å²) in [5.74, 6) is 1.63. The van der Waals surface area contributed by atoms with Crippen LogP contribution in [-0.2, 0) is 0 Å². The van der Waals surface area contributed by atoms with Crippen LogP contribution in [0.5, 0.6) is 11.5 Å². The van der Waals surface area contributed by atoms with E-state index in [4.69, 9.17) is 9.47 Å². The number of hydrogen-bond donors (Lipinski definition) is 1. The first-order valence-electron chi connectivity index (χ1n) is 6.20. The van der Waals surface area contributed by atoms with Gasteiger partial charge in [0.2, 0.25) is 0 Å². The second-order valence-electron chi connectivity index (χ2n) is 4.35. The lowest BCUT2D eigenvalue weighted by Crippen LogP contribution is -1.95. The summed E-state index contributed by atoms with van der Waals surface area (Å²) in [5.41, 5.74) is 4.43. The molecule has 0 radical (unpaired) electrons. The molecule has 0 heterocycles. The van der Waals surface area contributed by atoms with E-state index >= 15 is 0 Å². The van der Waals surface area contributed by atoms with Gasteiger partial charge in [-0.05, 0) is 36.2 Å². The number of rotatable bonds is 4. The van der Waals surface area contributed by atoms with E-state index in [2.05, 4.69) is 24.4 Å². The molecule has 0 aliphatic rings. The van der Waals surface area contributed by atoms with Crippen molar-refractivity contribution >= 4 is 5.69 Å². The number of nitrogens with one attached hydrogen (secondary N) is 1. The number of methoxy groups -OCH3 is 2. The van der Waals surface area contributed by atoms with Crippen LogP contribution >= 0.6 is 0 Å². The molecule has 19 heavy (non-hydrogen) atoms. The molecule has 3 heteroatoms. The van der Waals surface area contributed by atoms with Gasteiger partial charge in [0.1, 0.15) is 11.5 Å². The van der Waals surface area contributed by atoms with E-state index in [-0.39, 0.29) is 0 Å². The van der Waals surface area contributed by atoms with Gasteiger partial charge in [0, 0.05) is 24.4 Å². The van der Waals surface area contributed by atoms with Gasteiger partial charge in [-0.2, -0.15) is 0 Å². The van der Waals surface area contributed by atoms with Crippen molar-refractivity contribution in [1.29, 1.82) is 0 Å². The summed E-state index contributed by atoms with van der Waals surface area (Å²) in [7, 11) is 5.26. The zero-order chi connectivity index (χ0) is 13.8. The molecule has 2 aromatic carbocycles. The van der Waals surface area contributed by atoms with Crippen LogP contribution in [0, 0.1) is 6.92 Å². The molecule has 0 saturated carbocycles. The molecule has 100 valence electrons. The highest BCUT2D eigenvalue weighted by molar-refractivity contribution is 5.77. The molecule has 0 fully saturated rings. The van der Waals surface area contributed by atoms with Gasteiger partial charge < -0.3 is 14.8 Å². The Hall–Kier alpha value is -2.16. The van der Waals surface area contributed by atoms with Crippen molar-refractivity contribution in [1.82, 2.24) is 0 Å². The quantitative estimate of drug-likeness (QED) is 0.905. The van der Waals surface area contributed by atoms with Crippen LogP contribution in [0.1, 0.15) is 5.56 Å². The van der Waals surface area contributed by atoms with Crippen LogP contribution in [0.15, 0.2) is 36.4 Å². The highest BCUT2D eigenvalue weighted by Gasteiger charge is 2.11. The Balaban J connectivity index is 2.60. The Morgan fingerprint density at radius 3 is 2.42 bits per heavy atom. The van der Waals surface area contributed by atoms with Gasteiger partial charge in [-0.1, -0.05) is 12.1 Å². The largest absolute Gasteiger partial charge is 0.497 e. The molecule has 1 N–H and O–H groups in total. The Bertz CT molecular complexity index is 579. The van der Waals surface area contributed by atoms with Gasteiger partial charge in [-0.25, -0.2) is 0 Å². The number of hydrogen-bond acceptors (Lipinski definition) is 3. The Morgan fingerprint density at radius 2 is 1.79 bits per heavy atom. The first-order chi connectivity index (χ1) is 9.19. The van der Waals surface area contributed by atoms with Crippen LogP contribution in [0.3, 0.4) is 0 Å². The number of ether oxygens (including phenoxy) is 2. The van der Waals surface area contributed by atoms with Crippen molar-refractivity contribution in [2.45, 2.75) is 6.92 Å². The standard InChI is InChI=1S/C16H19NO2/c1-11-8-14(18-3)10-15(19-4)16(11)12-6-5-7-13(9-12)17-2/h5-10,17H,1-4H3. The van der Waals surface area contributed by atoms with Crippen LogP contribution in [0.2, 0.25) is 0 Å². The monoisotopic (exact) mass is 257 g/mol. The minimum Gasteiger partial charge on any atom is -0.497 e. The van der Waals surface area contributed by atoms with Crippen LogP contribution in [0.4, 0.5) is 5.69 Å². The number of aryl methyl sites for hydroxylation is 1. The van der Waals surface area contributed by atoms with Crippen molar-refractivity contribution in [3.63, 3.8) is 0 Å². The van der Waals surface area contributed by atoms with Crippen molar-refractivity contribution in [3.8, 4) is 22.6 Å². The fourth-order valence-electron chi connectivity index (χ4n) is 2.20. The van der Waals surface area contributed by atoms with Crippen LogP contribution < -0.4 is 14.8 Å². The summed E-state index contributed by atoms with van der Waals surface area (Å²) in [6.45, 7) is 2.06. The highest BCUT2D eigenvalue weighted by atomic mass is 16.5. The zero-order valence-electron chi connectivity index (χ0n) is 11.8. The van der Waals surface area contributed by atoms with Crippen molar-refractivity contribution in [2.75, 3.05) is 26.6 Å². The van der Waals surface area contributed by atoms with Gasteiger partial charge in [-0.3, -0.25) is 0 Å². The predicted molar refractivity (Wildman–Crippen MR) is 79.3 cm³/mol. The highest BCUT2D eigenvalue weighted by Crippen LogP contribution is 2.37. The fraction of sp³-hybridized carbons (Fsp3) is 0.250. The molecule has 0 aliphatic heterocycles. The lowest BCUT2D eigenvalue weighted by atomic mass is 9.98. The molecule has 0 atom stereocenters. The first-order valence-corrected chi connectivity index (χ1v) is 6.20. The molecule has 3 nitrogen and oxygen atoms in total. The summed E-state index contributed by atoms with van der Waals surface area (Å²) in [6, 6.07) is 12.2. The van der Waals surface area contributed by atoms with E-state index in [0.29, 0.717) is 0 Å². The second kappa shape index (κ2) is 5.65. The first kappa shape index (κ1) is 13.3. The van der Waals surface area contributed by atoms with Gasteiger partial charge in [0.05, 0.1) is 14.2 Å². The van der Waals surface area contributed by atoms with Gasteiger partial charge in [0.25, 0.3) is 0 Å². The van der Waals surface area contributed by atoms with E-state index in [1.807, 2.05) is 31.3 Å². The molecular weight excluding hydrogens is 238 g/mol. The van der Waals surface area contributed by atoms with Gasteiger partial charge in [-0.15, -0.1) is 0 Å². The van der Waals surface area contributed by atoms with E-state index in [0.717, 1.165) is 33.9 Å². The van der Waals surface area contributed by atoms with E-state index in [1.54, 1.807) is 14.2 Å². The maximum absolute atomic E-state index is 5.50. The number of benzene rings is 2. The minimum atomic E-state index is 0.808. The van der Waals surface area contributed by atoms with Gasteiger partial charge in [0.15, 0.2) is 0 Å². The average molecular weight is 257 g/mol. The minimum absolute atomic E-state index is 0.808. The molecule has 0 spiro atoms. The average Bonchev–Trinajstić information content (AvgIpc) is 2.46. The maximum Gasteiger partial charge on any atom is 0.130 e. The van der Waals surface area contributed by atoms with E-state index < -0.39 is 0 Å². The molecule has 0 saturated heterocycles. The van der Waals surface area contributed by atoms with Crippen LogP contribution in [0.25, 0.3) is 11.1 Å². The lowest BCUT2D eigenvalue weighted by Gasteiger charge is -2.14. The third-order valence-corrected chi connectivity index (χ3v) is 3.17. The SMILES string of the molecule is CNc1cccc(-c2c(C)cc(OC)cc2OC)c1. The normalized spacial score (nSPS) is 10.1. The third-order valence-electron chi connectivity index (χ3n) is 3.17. The molecule has 0 unspecified atom stereocenters. The third kappa shape index (κ3) is 2.65. The topological polar surface area (TPSA) is 30.5 Å². The Morgan fingerprint density at radius 1 is 1.00 bits per heavy atom. The fourth-order valence-corrected chi connectivity index (χ4v) is 2.20. The van der Waals surface area contributed by atoms with Gasteiger partial charge >= 0.3 is 0 Å². The smallest absolute Gasteiger partial charge is 0.130 e. The van der Waals surface area contributed by atoms with E-state index in [9.17, 15) is 0 Å². The number of anilines is 1. The molecule has 0 bridgehead atoms. The molecule has 0 amide bonds. The van der Waals surface area contributed by atoms with Crippen LogP contribution in [-0.4, -0.2) is 21.3 Å². The summed E-state index contributed by atoms with van der Waals surface area (Å²) in [5, 5.41) is 3.15. The van der Waals surface area contributed by atoms with Crippen molar-refractivity contribution < 1.29 is 9.47 Å². The second-order valence-corrected chi connectivity index (χ2v) is 4.35. The molecule has 2 rings (SSSR count). The maximum atomic E-state index is 5.50. The Kier molecular flexibility index (Phi) is 3.95. The molecule has 0 aromatic heterocycles. The summed E-state index contributed by atoms with van der Waals surface area (Å²) in [6.07, 6.45) is 0. The predicted octanol–water partition coefficient (Wildman–Crippen LogP) is 3.72. The van der Waals surface area contributed by atoms with Crippen molar-refractivity contribution in [2.24, 2.45) is 0 Å². The van der Waals surface area contributed by atoms with E-state index in [1.165, 1.54) is 0 Å². The summed E-state index contributed by atoms with van der Waals surface area (Å²) < 4.78 is 10.8. The Labute approximate surface area is 114 Å². The lowest BCUT2D eigenvalue weighted by molar-refractivity contribution is 0.395. The molecule has 2 aromatic rings. The summed E-state index contributed by atoms with van der Waals surface area (Å²) in [4.78, 5) is 0. The molecule has 0 aliphatic carbocycles. The molecular formula is C16H19NO2. The zero-order valence-corrected chi connectivity index (χ0v) is 11.8.